The van der Waals surface area contributed by atoms with E-state index in [9.17, 15) is 13.2 Å². The Morgan fingerprint density at radius 1 is 1.13 bits per heavy atom. The monoisotopic (exact) mass is 441 g/mol. The Morgan fingerprint density at radius 3 is 2.67 bits per heavy atom. The summed E-state index contributed by atoms with van der Waals surface area (Å²) in [7, 11) is -3.59. The molecule has 0 spiro atoms. The Balaban J connectivity index is 1.22. The molecule has 2 amide bonds. The summed E-state index contributed by atoms with van der Waals surface area (Å²) in [5, 5.41) is 2.90. The minimum Gasteiger partial charge on any atom is -0.334 e. The lowest BCUT2D eigenvalue weighted by atomic mass is 10.2. The highest BCUT2D eigenvalue weighted by molar-refractivity contribution is 7.89. The fourth-order valence-electron chi connectivity index (χ4n) is 3.80. The molecule has 3 aromatic rings. The maximum Gasteiger partial charge on any atom is 0.318 e. The molecule has 0 atom stereocenters. The number of fused-ring (bicyclic) bond motifs is 1. The van der Waals surface area contributed by atoms with Crippen molar-refractivity contribution < 1.29 is 13.2 Å². The first-order valence-corrected chi connectivity index (χ1v) is 11.8. The van der Waals surface area contributed by atoms with Crippen molar-refractivity contribution in [1.82, 2.24) is 24.5 Å². The van der Waals surface area contributed by atoms with E-state index in [2.05, 4.69) is 15.3 Å². The summed E-state index contributed by atoms with van der Waals surface area (Å²) in [6, 6.07) is 8.61. The SMILES string of the molecule is O=C(NCc1cccnc1)N1CC2=C(C1)CN(S(=O)(=O)c1ccc3ncsc3c1)C2. The van der Waals surface area contributed by atoms with Crippen LogP contribution in [-0.4, -0.2) is 59.8 Å². The minimum absolute atomic E-state index is 0.154. The number of thiazole rings is 1. The Kier molecular flexibility index (Phi) is 4.76. The third kappa shape index (κ3) is 3.47. The second kappa shape index (κ2) is 7.46. The van der Waals surface area contributed by atoms with Gasteiger partial charge in [0.05, 0.1) is 20.6 Å². The fourth-order valence-corrected chi connectivity index (χ4v) is 6.04. The lowest BCUT2D eigenvalue weighted by molar-refractivity contribution is 0.208. The number of nitrogens with zero attached hydrogens (tertiary/aromatic N) is 4. The van der Waals surface area contributed by atoms with Crippen LogP contribution in [0.15, 0.2) is 64.3 Å². The molecule has 0 aliphatic carbocycles. The summed E-state index contributed by atoms with van der Waals surface area (Å²) < 4.78 is 28.5. The van der Waals surface area contributed by atoms with Gasteiger partial charge in [0.1, 0.15) is 0 Å². The van der Waals surface area contributed by atoms with Crippen molar-refractivity contribution in [3.63, 3.8) is 0 Å². The van der Waals surface area contributed by atoms with Crippen molar-refractivity contribution >= 4 is 37.6 Å². The van der Waals surface area contributed by atoms with Gasteiger partial charge < -0.3 is 10.2 Å². The zero-order valence-corrected chi connectivity index (χ0v) is 17.6. The number of rotatable bonds is 4. The molecule has 8 nitrogen and oxygen atoms in total. The highest BCUT2D eigenvalue weighted by atomic mass is 32.2. The molecular formula is C20H19N5O3S2. The molecule has 1 N–H and O–H groups in total. The number of amides is 2. The van der Waals surface area contributed by atoms with Gasteiger partial charge in [0.2, 0.25) is 10.0 Å². The number of benzene rings is 1. The van der Waals surface area contributed by atoms with E-state index < -0.39 is 10.0 Å². The van der Waals surface area contributed by atoms with Crippen molar-refractivity contribution in [2.45, 2.75) is 11.4 Å². The van der Waals surface area contributed by atoms with Gasteiger partial charge in [-0.3, -0.25) is 4.98 Å². The molecule has 1 aromatic carbocycles. The van der Waals surface area contributed by atoms with Crippen LogP contribution in [0.4, 0.5) is 4.79 Å². The minimum atomic E-state index is -3.59. The van der Waals surface area contributed by atoms with Gasteiger partial charge in [0, 0.05) is 45.1 Å². The Hall–Kier alpha value is -2.82. The predicted octanol–water partition coefficient (Wildman–Crippen LogP) is 2.22. The number of pyridine rings is 1. The number of hydrogen-bond donors (Lipinski definition) is 1. The molecule has 0 radical (unpaired) electrons. The molecular weight excluding hydrogens is 422 g/mol. The molecule has 2 aliphatic rings. The standard InChI is InChI=1S/C20H19N5O3S2/c26-20(22-8-14-2-1-5-21-7-14)24-9-15-11-25(12-16(15)10-24)30(27,28)17-3-4-18-19(6-17)29-13-23-18/h1-7,13H,8-12H2,(H,22,26). The number of sulfonamides is 1. The number of hydrogen-bond acceptors (Lipinski definition) is 6. The zero-order chi connectivity index (χ0) is 20.7. The van der Waals surface area contributed by atoms with Crippen molar-refractivity contribution in [3.05, 3.63) is 64.9 Å². The molecule has 0 fully saturated rings. The molecule has 2 aliphatic heterocycles. The van der Waals surface area contributed by atoms with Crippen LogP contribution in [0.3, 0.4) is 0 Å². The number of carbonyl (C=O) groups is 1. The summed E-state index contributed by atoms with van der Waals surface area (Å²) >= 11 is 1.42. The maximum absolute atomic E-state index is 13.1. The summed E-state index contributed by atoms with van der Waals surface area (Å²) in [4.78, 5) is 22.7. The molecule has 2 aromatic heterocycles. The second-order valence-electron chi connectivity index (χ2n) is 7.34. The normalized spacial score (nSPS) is 17.0. The van der Waals surface area contributed by atoms with Crippen LogP contribution in [0.2, 0.25) is 0 Å². The van der Waals surface area contributed by atoms with Crippen LogP contribution in [0, 0.1) is 0 Å². The molecule has 5 rings (SSSR count). The molecule has 0 unspecified atom stereocenters. The number of aromatic nitrogens is 2. The van der Waals surface area contributed by atoms with E-state index in [4.69, 9.17) is 0 Å². The Morgan fingerprint density at radius 2 is 1.93 bits per heavy atom. The first kappa shape index (κ1) is 19.2. The third-order valence-electron chi connectivity index (χ3n) is 5.39. The number of urea groups is 1. The quantitative estimate of drug-likeness (QED) is 0.627. The van der Waals surface area contributed by atoms with Crippen molar-refractivity contribution in [2.24, 2.45) is 0 Å². The van der Waals surface area contributed by atoms with E-state index in [1.165, 1.54) is 15.6 Å². The molecule has 0 bridgehead atoms. The van der Waals surface area contributed by atoms with Gasteiger partial charge in [-0.25, -0.2) is 18.2 Å². The molecule has 154 valence electrons. The molecule has 30 heavy (non-hydrogen) atoms. The summed E-state index contributed by atoms with van der Waals surface area (Å²) in [5.74, 6) is 0. The Bertz CT molecular complexity index is 1240. The first-order chi connectivity index (χ1) is 14.5. The summed E-state index contributed by atoms with van der Waals surface area (Å²) in [6.45, 7) is 1.96. The van der Waals surface area contributed by atoms with Gasteiger partial charge in [0.15, 0.2) is 0 Å². The van der Waals surface area contributed by atoms with Crippen LogP contribution in [0.5, 0.6) is 0 Å². The smallest absolute Gasteiger partial charge is 0.318 e. The van der Waals surface area contributed by atoms with Gasteiger partial charge in [-0.2, -0.15) is 4.31 Å². The number of carbonyl (C=O) groups excluding carboxylic acids is 1. The third-order valence-corrected chi connectivity index (χ3v) is 7.97. The van der Waals surface area contributed by atoms with E-state index >= 15 is 0 Å². The summed E-state index contributed by atoms with van der Waals surface area (Å²) in [6.07, 6.45) is 3.41. The largest absolute Gasteiger partial charge is 0.334 e. The van der Waals surface area contributed by atoms with Crippen LogP contribution in [-0.2, 0) is 16.6 Å². The van der Waals surface area contributed by atoms with E-state index in [0.717, 1.165) is 26.9 Å². The second-order valence-corrected chi connectivity index (χ2v) is 10.2. The van der Waals surface area contributed by atoms with Crippen molar-refractivity contribution in [1.29, 1.82) is 0 Å². The molecule has 0 saturated carbocycles. The first-order valence-electron chi connectivity index (χ1n) is 9.45. The van der Waals surface area contributed by atoms with Crippen LogP contribution < -0.4 is 5.32 Å². The highest BCUT2D eigenvalue weighted by Gasteiger charge is 2.37. The topological polar surface area (TPSA) is 95.5 Å². The van der Waals surface area contributed by atoms with Crippen molar-refractivity contribution in [3.8, 4) is 0 Å². The van der Waals surface area contributed by atoms with E-state index in [-0.39, 0.29) is 10.9 Å². The van der Waals surface area contributed by atoms with E-state index in [1.807, 2.05) is 12.1 Å². The Labute approximate surface area is 177 Å². The zero-order valence-electron chi connectivity index (χ0n) is 16.0. The molecule has 0 saturated heterocycles. The van der Waals surface area contributed by atoms with Crippen LogP contribution in [0.25, 0.3) is 10.2 Å². The van der Waals surface area contributed by atoms with Gasteiger partial charge in [-0.05, 0) is 41.0 Å². The van der Waals surface area contributed by atoms with Gasteiger partial charge in [-0.1, -0.05) is 6.07 Å². The number of nitrogens with one attached hydrogen (secondary N) is 1. The van der Waals surface area contributed by atoms with Gasteiger partial charge in [-0.15, -0.1) is 11.3 Å². The lowest BCUT2D eigenvalue weighted by Crippen LogP contribution is -2.41. The van der Waals surface area contributed by atoms with Gasteiger partial charge in [0.25, 0.3) is 0 Å². The maximum atomic E-state index is 13.1. The lowest BCUT2D eigenvalue weighted by Gasteiger charge is -2.23. The van der Waals surface area contributed by atoms with E-state index in [1.54, 1.807) is 41.0 Å². The fraction of sp³-hybridized carbons (Fsp3) is 0.250. The van der Waals surface area contributed by atoms with Crippen molar-refractivity contribution in [2.75, 3.05) is 26.2 Å². The van der Waals surface area contributed by atoms with Crippen LogP contribution >= 0.6 is 11.3 Å². The molecule has 4 heterocycles. The molecule has 10 heteroatoms. The van der Waals surface area contributed by atoms with E-state index in [0.29, 0.717) is 32.7 Å². The highest BCUT2D eigenvalue weighted by Crippen LogP contribution is 2.31. The average molecular weight is 442 g/mol. The van der Waals surface area contributed by atoms with Gasteiger partial charge >= 0.3 is 6.03 Å². The predicted molar refractivity (Wildman–Crippen MR) is 113 cm³/mol. The summed E-state index contributed by atoms with van der Waals surface area (Å²) in [5.41, 5.74) is 5.46. The van der Waals surface area contributed by atoms with Crippen LogP contribution in [0.1, 0.15) is 5.56 Å². The average Bonchev–Trinajstić information content (AvgIpc) is 3.46.